The monoisotopic (exact) mass is 228 g/mol. The van der Waals surface area contributed by atoms with Gasteiger partial charge in [0.05, 0.1) is 0 Å². The Morgan fingerprint density at radius 3 is 2.94 bits per heavy atom. The van der Waals surface area contributed by atoms with E-state index in [4.69, 9.17) is 9.47 Å². The van der Waals surface area contributed by atoms with Crippen molar-refractivity contribution < 1.29 is 14.3 Å². The van der Waals surface area contributed by atoms with Gasteiger partial charge in [-0.3, -0.25) is 4.79 Å². The minimum Gasteiger partial charge on any atom is -0.458 e. The highest BCUT2D eigenvalue weighted by Gasteiger charge is 2.19. The number of carbonyl (C=O) groups excluding carboxylic acids is 1. The molecule has 0 aromatic heterocycles. The summed E-state index contributed by atoms with van der Waals surface area (Å²) in [5.41, 5.74) is 2.03. The van der Waals surface area contributed by atoms with Crippen LogP contribution in [-0.4, -0.2) is 12.6 Å². The van der Waals surface area contributed by atoms with Gasteiger partial charge in [0.1, 0.15) is 11.5 Å². The highest BCUT2D eigenvalue weighted by atomic mass is 16.7. The van der Waals surface area contributed by atoms with Crippen molar-refractivity contribution in [1.29, 1.82) is 0 Å². The van der Waals surface area contributed by atoms with Crippen molar-refractivity contribution in [1.82, 2.24) is 0 Å². The lowest BCUT2D eigenvalue weighted by Gasteiger charge is -2.22. The van der Waals surface area contributed by atoms with Crippen LogP contribution in [0.25, 0.3) is 0 Å². The lowest BCUT2D eigenvalue weighted by molar-refractivity contribution is -0.114. The van der Waals surface area contributed by atoms with Gasteiger partial charge >= 0.3 is 0 Å². The van der Waals surface area contributed by atoms with Crippen molar-refractivity contribution in [3.8, 4) is 5.75 Å². The summed E-state index contributed by atoms with van der Waals surface area (Å²) in [6.07, 6.45) is 4.60. The summed E-state index contributed by atoms with van der Waals surface area (Å²) in [5.74, 6) is 1.73. The molecule has 0 saturated carbocycles. The summed E-state index contributed by atoms with van der Waals surface area (Å²) in [6.45, 7) is 0.189. The van der Waals surface area contributed by atoms with Crippen molar-refractivity contribution in [3.63, 3.8) is 0 Å². The van der Waals surface area contributed by atoms with E-state index in [0.717, 1.165) is 22.6 Å². The van der Waals surface area contributed by atoms with E-state index in [-0.39, 0.29) is 12.6 Å². The second-order valence-electron chi connectivity index (χ2n) is 4.10. The minimum atomic E-state index is 0.131. The maximum Gasteiger partial charge on any atom is 0.230 e. The van der Waals surface area contributed by atoms with E-state index in [2.05, 4.69) is 0 Å². The number of ketones is 1. The topological polar surface area (TPSA) is 35.5 Å². The zero-order chi connectivity index (χ0) is 11.7. The van der Waals surface area contributed by atoms with Crippen LogP contribution in [0.1, 0.15) is 12.0 Å². The molecule has 1 aliphatic carbocycles. The molecule has 1 aromatic carbocycles. The van der Waals surface area contributed by atoms with Gasteiger partial charge in [-0.2, -0.15) is 0 Å². The maximum atomic E-state index is 11.4. The highest BCUT2D eigenvalue weighted by Crippen LogP contribution is 2.29. The molecule has 0 unspecified atom stereocenters. The Hall–Kier alpha value is -2.03. The molecule has 0 spiro atoms. The van der Waals surface area contributed by atoms with Gasteiger partial charge in [-0.1, -0.05) is 18.2 Å². The fraction of sp³-hybridized carbons (Fsp3) is 0.214. The first-order chi connectivity index (χ1) is 8.33. The zero-order valence-electron chi connectivity index (χ0n) is 9.31. The van der Waals surface area contributed by atoms with Gasteiger partial charge < -0.3 is 9.47 Å². The molecule has 3 nitrogen and oxygen atoms in total. The average molecular weight is 228 g/mol. The number of ether oxygens (including phenoxy) is 2. The number of allylic oxidation sites excluding steroid dienone is 3. The van der Waals surface area contributed by atoms with Crippen LogP contribution in [0, 0.1) is 0 Å². The van der Waals surface area contributed by atoms with Gasteiger partial charge in [0.15, 0.2) is 5.78 Å². The van der Waals surface area contributed by atoms with Gasteiger partial charge in [-0.05, 0) is 23.8 Å². The van der Waals surface area contributed by atoms with Gasteiger partial charge in [-0.15, -0.1) is 0 Å². The second kappa shape index (κ2) is 4.09. The van der Waals surface area contributed by atoms with E-state index in [1.54, 1.807) is 6.08 Å². The Kier molecular flexibility index (Phi) is 2.44. The third-order valence-corrected chi connectivity index (χ3v) is 2.92. The Balaban J connectivity index is 2.01. The van der Waals surface area contributed by atoms with Crippen LogP contribution >= 0.6 is 0 Å². The van der Waals surface area contributed by atoms with Crippen molar-refractivity contribution >= 4 is 5.78 Å². The number of hydrogen-bond acceptors (Lipinski definition) is 3. The maximum absolute atomic E-state index is 11.4. The molecule has 0 fully saturated rings. The van der Waals surface area contributed by atoms with E-state index >= 15 is 0 Å². The van der Waals surface area contributed by atoms with Crippen LogP contribution in [0.2, 0.25) is 0 Å². The molecule has 0 N–H and O–H groups in total. The molecule has 0 bridgehead atoms. The Labute approximate surface area is 99.3 Å². The smallest absolute Gasteiger partial charge is 0.230 e. The molecule has 3 heteroatoms. The van der Waals surface area contributed by atoms with Gasteiger partial charge in [0, 0.05) is 18.4 Å². The SMILES string of the molecule is O=C1C=C2Cc3ccccc3OCOC2=CC1. The zero-order valence-corrected chi connectivity index (χ0v) is 9.31. The Morgan fingerprint density at radius 2 is 2.00 bits per heavy atom. The van der Waals surface area contributed by atoms with Crippen LogP contribution in [0.3, 0.4) is 0 Å². The average Bonchev–Trinajstić information content (AvgIpc) is 2.31. The number of benzene rings is 1. The first-order valence-electron chi connectivity index (χ1n) is 5.60. The summed E-state index contributed by atoms with van der Waals surface area (Å²) in [5, 5.41) is 0. The molecule has 1 aliphatic heterocycles. The standard InChI is InChI=1S/C14H12O3/c15-12-5-6-14-11(8-12)7-10-3-1-2-4-13(10)16-9-17-14/h1-4,6,8H,5,7,9H2. The summed E-state index contributed by atoms with van der Waals surface area (Å²) >= 11 is 0. The third kappa shape index (κ3) is 1.96. The van der Waals surface area contributed by atoms with E-state index in [1.807, 2.05) is 30.3 Å². The van der Waals surface area contributed by atoms with Crippen LogP contribution in [0.4, 0.5) is 0 Å². The van der Waals surface area contributed by atoms with Gasteiger partial charge in [0.2, 0.25) is 6.79 Å². The number of fused-ring (bicyclic) bond motifs is 2. The molecule has 0 atom stereocenters. The van der Waals surface area contributed by atoms with Gasteiger partial charge in [-0.25, -0.2) is 0 Å². The highest BCUT2D eigenvalue weighted by molar-refractivity contribution is 5.93. The fourth-order valence-electron chi connectivity index (χ4n) is 2.09. The minimum absolute atomic E-state index is 0.131. The predicted molar refractivity (Wildman–Crippen MR) is 62.5 cm³/mol. The molecule has 0 saturated heterocycles. The van der Waals surface area contributed by atoms with E-state index in [9.17, 15) is 4.79 Å². The predicted octanol–water partition coefficient (Wildman–Crippen LogP) is 2.38. The van der Waals surface area contributed by atoms with E-state index in [0.29, 0.717) is 12.8 Å². The molecule has 1 aromatic rings. The third-order valence-electron chi connectivity index (χ3n) is 2.92. The molecular formula is C14H12O3. The van der Waals surface area contributed by atoms with Crippen molar-refractivity contribution in [2.24, 2.45) is 0 Å². The molecule has 3 rings (SSSR count). The molecule has 2 aliphatic rings. The van der Waals surface area contributed by atoms with Crippen LogP contribution in [0.5, 0.6) is 5.75 Å². The van der Waals surface area contributed by atoms with Crippen molar-refractivity contribution in [2.45, 2.75) is 12.8 Å². The van der Waals surface area contributed by atoms with Crippen LogP contribution in [-0.2, 0) is 16.0 Å². The second-order valence-corrected chi connectivity index (χ2v) is 4.10. The lowest BCUT2D eigenvalue weighted by Crippen LogP contribution is -2.14. The van der Waals surface area contributed by atoms with Gasteiger partial charge in [0.25, 0.3) is 0 Å². The Morgan fingerprint density at radius 1 is 1.12 bits per heavy atom. The number of carbonyl (C=O) groups is 1. The lowest BCUT2D eigenvalue weighted by atomic mass is 9.96. The molecule has 86 valence electrons. The van der Waals surface area contributed by atoms with Crippen molar-refractivity contribution in [2.75, 3.05) is 6.79 Å². The summed E-state index contributed by atoms with van der Waals surface area (Å²) in [7, 11) is 0. The molecular weight excluding hydrogens is 216 g/mol. The van der Waals surface area contributed by atoms with Crippen LogP contribution < -0.4 is 4.74 Å². The molecule has 1 heterocycles. The number of rotatable bonds is 0. The molecule has 0 radical (unpaired) electrons. The fourth-order valence-corrected chi connectivity index (χ4v) is 2.09. The first kappa shape index (κ1) is 10.1. The Bertz CT molecular complexity index is 526. The quantitative estimate of drug-likeness (QED) is 0.684. The van der Waals surface area contributed by atoms with Crippen molar-refractivity contribution in [3.05, 3.63) is 53.3 Å². The summed E-state index contributed by atoms with van der Waals surface area (Å²) in [6, 6.07) is 7.83. The summed E-state index contributed by atoms with van der Waals surface area (Å²) in [4.78, 5) is 11.4. The molecule has 17 heavy (non-hydrogen) atoms. The molecule has 0 amide bonds. The largest absolute Gasteiger partial charge is 0.458 e. The normalized spacial score (nSPS) is 18.5. The number of hydrogen-bond donors (Lipinski definition) is 0. The summed E-state index contributed by atoms with van der Waals surface area (Å²) < 4.78 is 11.0. The van der Waals surface area contributed by atoms with Crippen LogP contribution in [0.15, 0.2) is 47.7 Å². The first-order valence-corrected chi connectivity index (χ1v) is 5.60. The van der Waals surface area contributed by atoms with E-state index in [1.165, 1.54) is 0 Å². The van der Waals surface area contributed by atoms with E-state index < -0.39 is 0 Å². The number of para-hydroxylation sites is 1.